The molecule has 3 aromatic rings. The van der Waals surface area contributed by atoms with Gasteiger partial charge < -0.3 is 44.2 Å². The number of ether oxygens (including phenoxy) is 6. The lowest BCUT2D eigenvalue weighted by Gasteiger charge is -2.17. The SMILES string of the molecule is CCCCCCCCCCCCOc1cccc(OCCCCNC(=O)c2cc(OCC(=O)NC(C)OCCOCCOCC)c3ccccc3c2O)c1. The lowest BCUT2D eigenvalue weighted by Crippen LogP contribution is -2.38. The number of carbonyl (C=O) groups is 2. The molecule has 0 bridgehead atoms. The smallest absolute Gasteiger partial charge is 0.259 e. The predicted octanol–water partition coefficient (Wildman–Crippen LogP) is 8.34. The Kier molecular flexibility index (Phi) is 22.6. The second kappa shape index (κ2) is 27.5. The summed E-state index contributed by atoms with van der Waals surface area (Å²) in [5, 5.41) is 17.6. The van der Waals surface area contributed by atoms with E-state index in [1.807, 2.05) is 31.2 Å². The van der Waals surface area contributed by atoms with Gasteiger partial charge in [-0.3, -0.25) is 9.59 Å². The first-order valence-corrected chi connectivity index (χ1v) is 20.0. The summed E-state index contributed by atoms with van der Waals surface area (Å²) in [7, 11) is 0. The van der Waals surface area contributed by atoms with Crippen LogP contribution in [-0.2, 0) is 19.0 Å². The second-order valence-corrected chi connectivity index (χ2v) is 13.3. The number of rotatable bonds is 31. The summed E-state index contributed by atoms with van der Waals surface area (Å²) in [4.78, 5) is 25.8. The van der Waals surface area contributed by atoms with Gasteiger partial charge in [-0.15, -0.1) is 0 Å². The zero-order chi connectivity index (χ0) is 38.6. The maximum absolute atomic E-state index is 13.2. The Hall–Kier alpha value is -4.06. The number of unbranched alkanes of at least 4 members (excludes halogenated alkanes) is 10. The molecule has 1 atom stereocenters. The minimum absolute atomic E-state index is 0.0658. The van der Waals surface area contributed by atoms with E-state index in [1.165, 1.54) is 63.9 Å². The molecule has 3 aromatic carbocycles. The van der Waals surface area contributed by atoms with Crippen molar-refractivity contribution in [2.24, 2.45) is 0 Å². The third-order valence-corrected chi connectivity index (χ3v) is 8.82. The van der Waals surface area contributed by atoms with Crippen LogP contribution >= 0.6 is 0 Å². The third-order valence-electron chi connectivity index (χ3n) is 8.82. The molecular formula is C43H64N2O9. The van der Waals surface area contributed by atoms with Crippen molar-refractivity contribution >= 4 is 22.6 Å². The molecule has 0 fully saturated rings. The minimum atomic E-state index is -0.553. The van der Waals surface area contributed by atoms with E-state index in [0.29, 0.717) is 75.7 Å². The van der Waals surface area contributed by atoms with E-state index in [4.69, 9.17) is 28.4 Å². The molecule has 54 heavy (non-hydrogen) atoms. The molecule has 0 aliphatic heterocycles. The molecule has 11 nitrogen and oxygen atoms in total. The van der Waals surface area contributed by atoms with Crippen molar-refractivity contribution in [3.8, 4) is 23.0 Å². The molecule has 0 radical (unpaired) electrons. The summed E-state index contributed by atoms with van der Waals surface area (Å²) in [5.74, 6) is 0.888. The fraction of sp³-hybridized carbons (Fsp3) is 0.581. The maximum atomic E-state index is 13.2. The Bertz CT molecular complexity index is 1480. The summed E-state index contributed by atoms with van der Waals surface area (Å²) < 4.78 is 34.0. The van der Waals surface area contributed by atoms with Crippen LogP contribution in [-0.4, -0.2) is 82.5 Å². The Morgan fingerprint density at radius 2 is 1.28 bits per heavy atom. The molecule has 11 heteroatoms. The van der Waals surface area contributed by atoms with Crippen molar-refractivity contribution in [3.05, 3.63) is 60.2 Å². The van der Waals surface area contributed by atoms with E-state index in [-0.39, 0.29) is 17.9 Å². The van der Waals surface area contributed by atoms with Gasteiger partial charge in [0.25, 0.3) is 11.8 Å². The first-order chi connectivity index (χ1) is 26.4. The first kappa shape index (κ1) is 44.3. The minimum Gasteiger partial charge on any atom is -0.506 e. The number of phenols is 1. The van der Waals surface area contributed by atoms with Crippen LogP contribution in [0.15, 0.2) is 54.6 Å². The van der Waals surface area contributed by atoms with Gasteiger partial charge >= 0.3 is 0 Å². The van der Waals surface area contributed by atoms with Gasteiger partial charge in [-0.1, -0.05) is 95.0 Å². The largest absolute Gasteiger partial charge is 0.506 e. The van der Waals surface area contributed by atoms with E-state index in [1.54, 1.807) is 31.2 Å². The average Bonchev–Trinajstić information content (AvgIpc) is 3.17. The average molecular weight is 753 g/mol. The number of benzene rings is 3. The summed E-state index contributed by atoms with van der Waals surface area (Å²) in [6.45, 7) is 9.52. The quantitative estimate of drug-likeness (QED) is 0.0438. The van der Waals surface area contributed by atoms with Crippen molar-refractivity contribution in [1.29, 1.82) is 0 Å². The fourth-order valence-electron chi connectivity index (χ4n) is 5.87. The first-order valence-electron chi connectivity index (χ1n) is 20.0. The third kappa shape index (κ3) is 17.8. The summed E-state index contributed by atoms with van der Waals surface area (Å²) >= 11 is 0. The summed E-state index contributed by atoms with van der Waals surface area (Å²) in [6, 6.07) is 16.2. The number of hydrogen-bond acceptors (Lipinski definition) is 9. The number of amides is 2. The molecule has 0 aromatic heterocycles. The molecule has 3 rings (SSSR count). The van der Waals surface area contributed by atoms with Crippen LogP contribution in [0.3, 0.4) is 0 Å². The molecule has 0 spiro atoms. The number of fused-ring (bicyclic) bond motifs is 1. The molecule has 0 saturated heterocycles. The van der Waals surface area contributed by atoms with Crippen molar-refractivity contribution < 1.29 is 43.1 Å². The van der Waals surface area contributed by atoms with E-state index in [2.05, 4.69) is 17.6 Å². The predicted molar refractivity (Wildman–Crippen MR) is 213 cm³/mol. The Morgan fingerprint density at radius 3 is 1.96 bits per heavy atom. The van der Waals surface area contributed by atoms with Crippen molar-refractivity contribution in [3.63, 3.8) is 0 Å². The molecule has 3 N–H and O–H groups in total. The highest BCUT2D eigenvalue weighted by atomic mass is 16.6. The van der Waals surface area contributed by atoms with Gasteiger partial charge in [0.15, 0.2) is 6.61 Å². The lowest BCUT2D eigenvalue weighted by atomic mass is 10.0. The van der Waals surface area contributed by atoms with Crippen LogP contribution < -0.4 is 24.8 Å². The second-order valence-electron chi connectivity index (χ2n) is 13.3. The van der Waals surface area contributed by atoms with Gasteiger partial charge in [-0.05, 0) is 51.3 Å². The molecular weight excluding hydrogens is 688 g/mol. The number of carbonyl (C=O) groups excluding carboxylic acids is 2. The number of nitrogens with one attached hydrogen (secondary N) is 2. The molecule has 0 heterocycles. The van der Waals surface area contributed by atoms with Crippen molar-refractivity contribution in [1.82, 2.24) is 10.6 Å². The van der Waals surface area contributed by atoms with Crippen molar-refractivity contribution in [2.75, 3.05) is 59.4 Å². The highest BCUT2D eigenvalue weighted by Crippen LogP contribution is 2.36. The highest BCUT2D eigenvalue weighted by molar-refractivity contribution is 6.05. The van der Waals surface area contributed by atoms with Crippen LogP contribution in [0.25, 0.3) is 10.8 Å². The molecule has 300 valence electrons. The van der Waals surface area contributed by atoms with Gasteiger partial charge in [0.2, 0.25) is 0 Å². The number of phenolic OH excluding ortho intramolecular Hbond substituents is 1. The molecule has 2 amide bonds. The Morgan fingerprint density at radius 1 is 0.667 bits per heavy atom. The van der Waals surface area contributed by atoms with E-state index >= 15 is 0 Å². The van der Waals surface area contributed by atoms with Crippen LogP contribution in [0.4, 0.5) is 0 Å². The van der Waals surface area contributed by atoms with Gasteiger partial charge in [-0.25, -0.2) is 0 Å². The monoisotopic (exact) mass is 752 g/mol. The van der Waals surface area contributed by atoms with Gasteiger partial charge in [0, 0.05) is 30.0 Å². The van der Waals surface area contributed by atoms with Gasteiger partial charge in [0.1, 0.15) is 29.2 Å². The standard InChI is InChI=1S/C43H64N2O9/c1-4-6-7-8-9-10-11-12-13-17-25-52-35-20-19-21-36(31-35)53-26-18-16-24-44-43(48)39-32-40(37-22-14-15-23-38(37)42(39)47)54-33-41(46)45-34(3)51-30-29-50-28-27-49-5-2/h14-15,19-23,31-32,34,47H,4-13,16-18,24-30,33H2,1-3H3,(H,44,48)(H,45,46). The fourth-order valence-corrected chi connectivity index (χ4v) is 5.87. The van der Waals surface area contributed by atoms with E-state index < -0.39 is 18.0 Å². The van der Waals surface area contributed by atoms with Crippen LogP contribution in [0.2, 0.25) is 0 Å². The normalized spacial score (nSPS) is 11.7. The molecule has 0 saturated carbocycles. The zero-order valence-electron chi connectivity index (χ0n) is 32.8. The molecule has 0 aliphatic carbocycles. The number of aromatic hydroxyl groups is 1. The van der Waals surface area contributed by atoms with Gasteiger partial charge in [0.05, 0.1) is 45.2 Å². The van der Waals surface area contributed by atoms with Crippen LogP contribution in [0.1, 0.15) is 108 Å². The van der Waals surface area contributed by atoms with E-state index in [0.717, 1.165) is 24.3 Å². The zero-order valence-corrected chi connectivity index (χ0v) is 32.8. The number of hydrogen-bond donors (Lipinski definition) is 3. The highest BCUT2D eigenvalue weighted by Gasteiger charge is 2.19. The Balaban J connectivity index is 1.35. The van der Waals surface area contributed by atoms with Crippen molar-refractivity contribution in [2.45, 2.75) is 104 Å². The summed E-state index contributed by atoms with van der Waals surface area (Å²) in [5.41, 5.74) is 0.0658. The summed E-state index contributed by atoms with van der Waals surface area (Å²) in [6.07, 6.45) is 13.8. The van der Waals surface area contributed by atoms with Crippen LogP contribution in [0.5, 0.6) is 23.0 Å². The lowest BCUT2D eigenvalue weighted by molar-refractivity contribution is -0.127. The van der Waals surface area contributed by atoms with Gasteiger partial charge in [-0.2, -0.15) is 0 Å². The van der Waals surface area contributed by atoms with Crippen LogP contribution in [0, 0.1) is 0 Å². The Labute approximate surface area is 322 Å². The maximum Gasteiger partial charge on any atom is 0.259 e. The molecule has 0 aliphatic rings. The topological polar surface area (TPSA) is 134 Å². The molecule has 1 unspecified atom stereocenters. The van der Waals surface area contributed by atoms with E-state index in [9.17, 15) is 14.7 Å².